The van der Waals surface area contributed by atoms with E-state index < -0.39 is 6.10 Å². The SMILES string of the molecule is COc1cccc(/C=N\NC(=O)[C@@H](C)Oc2ccc3ccccc3c2)c1. The van der Waals surface area contributed by atoms with E-state index in [9.17, 15) is 4.79 Å². The number of rotatable bonds is 6. The summed E-state index contributed by atoms with van der Waals surface area (Å²) >= 11 is 0. The summed E-state index contributed by atoms with van der Waals surface area (Å²) in [4.78, 5) is 12.1. The van der Waals surface area contributed by atoms with Crippen molar-refractivity contribution in [3.8, 4) is 11.5 Å². The summed E-state index contributed by atoms with van der Waals surface area (Å²) in [6.45, 7) is 1.69. The highest BCUT2D eigenvalue weighted by atomic mass is 16.5. The van der Waals surface area contributed by atoms with Crippen LogP contribution in [0.1, 0.15) is 12.5 Å². The van der Waals surface area contributed by atoms with Crippen molar-refractivity contribution >= 4 is 22.9 Å². The number of hydrogen-bond acceptors (Lipinski definition) is 4. The second kappa shape index (κ2) is 8.16. The summed E-state index contributed by atoms with van der Waals surface area (Å²) < 4.78 is 10.9. The predicted octanol–water partition coefficient (Wildman–Crippen LogP) is 3.77. The topological polar surface area (TPSA) is 59.9 Å². The van der Waals surface area contributed by atoms with Crippen LogP contribution in [0.15, 0.2) is 71.8 Å². The van der Waals surface area contributed by atoms with E-state index in [0.717, 1.165) is 22.1 Å². The Morgan fingerprint density at radius 1 is 1.00 bits per heavy atom. The van der Waals surface area contributed by atoms with Crippen molar-refractivity contribution in [2.45, 2.75) is 13.0 Å². The zero-order chi connectivity index (χ0) is 18.4. The molecule has 5 heteroatoms. The highest BCUT2D eigenvalue weighted by Crippen LogP contribution is 2.21. The Morgan fingerprint density at radius 3 is 2.62 bits per heavy atom. The number of ether oxygens (including phenoxy) is 2. The maximum absolute atomic E-state index is 12.1. The largest absolute Gasteiger partial charge is 0.497 e. The highest BCUT2D eigenvalue weighted by Gasteiger charge is 2.14. The third-order valence-electron chi connectivity index (χ3n) is 3.89. The average Bonchev–Trinajstić information content (AvgIpc) is 2.68. The van der Waals surface area contributed by atoms with Crippen LogP contribution in [-0.4, -0.2) is 25.3 Å². The molecule has 5 nitrogen and oxygen atoms in total. The summed E-state index contributed by atoms with van der Waals surface area (Å²) in [6.07, 6.45) is 0.891. The molecular weight excluding hydrogens is 328 g/mol. The molecule has 0 fully saturated rings. The molecule has 0 saturated carbocycles. The Labute approximate surface area is 152 Å². The van der Waals surface area contributed by atoms with E-state index in [2.05, 4.69) is 10.5 Å². The van der Waals surface area contributed by atoms with Crippen molar-refractivity contribution in [3.63, 3.8) is 0 Å². The van der Waals surface area contributed by atoms with E-state index in [0.29, 0.717) is 5.75 Å². The van der Waals surface area contributed by atoms with Crippen LogP contribution in [0.5, 0.6) is 11.5 Å². The number of nitrogens with one attached hydrogen (secondary N) is 1. The van der Waals surface area contributed by atoms with Crippen molar-refractivity contribution in [2.75, 3.05) is 7.11 Å². The van der Waals surface area contributed by atoms with Crippen LogP contribution in [-0.2, 0) is 4.79 Å². The fraction of sp³-hybridized carbons (Fsp3) is 0.143. The van der Waals surface area contributed by atoms with E-state index in [-0.39, 0.29) is 5.91 Å². The van der Waals surface area contributed by atoms with Crippen molar-refractivity contribution in [2.24, 2.45) is 5.10 Å². The van der Waals surface area contributed by atoms with Gasteiger partial charge in [0, 0.05) is 0 Å². The van der Waals surface area contributed by atoms with Crippen LogP contribution in [0.3, 0.4) is 0 Å². The van der Waals surface area contributed by atoms with E-state index in [4.69, 9.17) is 9.47 Å². The van der Waals surface area contributed by atoms with Gasteiger partial charge in [-0.25, -0.2) is 5.43 Å². The lowest BCUT2D eigenvalue weighted by Gasteiger charge is -2.13. The molecule has 3 aromatic carbocycles. The Morgan fingerprint density at radius 2 is 1.81 bits per heavy atom. The van der Waals surface area contributed by atoms with Crippen LogP contribution in [0.2, 0.25) is 0 Å². The van der Waals surface area contributed by atoms with Crippen molar-refractivity contribution < 1.29 is 14.3 Å². The zero-order valence-electron chi connectivity index (χ0n) is 14.7. The molecule has 3 aromatic rings. The normalized spacial score (nSPS) is 12.1. The van der Waals surface area contributed by atoms with Gasteiger partial charge in [-0.3, -0.25) is 4.79 Å². The Bertz CT molecular complexity index is 937. The number of hydrazone groups is 1. The van der Waals surface area contributed by atoms with Gasteiger partial charge >= 0.3 is 0 Å². The lowest BCUT2D eigenvalue weighted by molar-refractivity contribution is -0.127. The number of fused-ring (bicyclic) bond motifs is 1. The van der Waals surface area contributed by atoms with Gasteiger partial charge in [0.1, 0.15) is 11.5 Å². The molecule has 1 amide bonds. The lowest BCUT2D eigenvalue weighted by atomic mass is 10.1. The molecule has 0 radical (unpaired) electrons. The summed E-state index contributed by atoms with van der Waals surface area (Å²) in [6, 6.07) is 21.1. The number of amides is 1. The van der Waals surface area contributed by atoms with Crippen molar-refractivity contribution in [3.05, 3.63) is 72.3 Å². The number of nitrogens with zero attached hydrogens (tertiary/aromatic N) is 1. The molecule has 0 saturated heterocycles. The fourth-order valence-electron chi connectivity index (χ4n) is 2.48. The third-order valence-corrected chi connectivity index (χ3v) is 3.89. The number of carbonyl (C=O) groups excluding carboxylic acids is 1. The molecule has 1 atom stereocenters. The standard InChI is InChI=1S/C21H20N2O3/c1-15(26-20-11-10-17-7-3-4-8-18(17)13-20)21(24)23-22-14-16-6-5-9-19(12-16)25-2/h3-15H,1-2H3,(H,23,24)/b22-14-/t15-/m1/s1. The average molecular weight is 348 g/mol. The van der Waals surface area contributed by atoms with Gasteiger partial charge in [-0.1, -0.05) is 42.5 Å². The molecule has 0 spiro atoms. The number of benzene rings is 3. The van der Waals surface area contributed by atoms with Gasteiger partial charge in [0.25, 0.3) is 5.91 Å². The van der Waals surface area contributed by atoms with Gasteiger partial charge in [0.15, 0.2) is 6.10 Å². The smallest absolute Gasteiger partial charge is 0.280 e. The molecular formula is C21H20N2O3. The van der Waals surface area contributed by atoms with Gasteiger partial charge in [-0.2, -0.15) is 5.10 Å². The van der Waals surface area contributed by atoms with E-state index in [1.807, 2.05) is 66.7 Å². The van der Waals surface area contributed by atoms with Gasteiger partial charge in [-0.05, 0) is 47.5 Å². The zero-order valence-corrected chi connectivity index (χ0v) is 14.7. The summed E-state index contributed by atoms with van der Waals surface area (Å²) in [5.74, 6) is 1.05. The first-order valence-electron chi connectivity index (χ1n) is 8.28. The summed E-state index contributed by atoms with van der Waals surface area (Å²) in [5, 5.41) is 6.16. The molecule has 0 aromatic heterocycles. The Balaban J connectivity index is 1.59. The molecule has 0 aliphatic heterocycles. The first-order valence-corrected chi connectivity index (χ1v) is 8.28. The fourth-order valence-corrected chi connectivity index (χ4v) is 2.48. The maximum Gasteiger partial charge on any atom is 0.280 e. The van der Waals surface area contributed by atoms with Crippen LogP contribution >= 0.6 is 0 Å². The molecule has 0 unspecified atom stereocenters. The minimum Gasteiger partial charge on any atom is -0.497 e. The van der Waals surface area contributed by atoms with Crippen molar-refractivity contribution in [1.82, 2.24) is 5.43 Å². The second-order valence-electron chi connectivity index (χ2n) is 5.78. The van der Waals surface area contributed by atoms with Gasteiger partial charge in [0.05, 0.1) is 13.3 Å². The van der Waals surface area contributed by atoms with Gasteiger partial charge in [-0.15, -0.1) is 0 Å². The van der Waals surface area contributed by atoms with Crippen LogP contribution < -0.4 is 14.9 Å². The van der Waals surface area contributed by atoms with E-state index in [1.54, 1.807) is 20.2 Å². The molecule has 132 valence electrons. The summed E-state index contributed by atoms with van der Waals surface area (Å²) in [5.41, 5.74) is 3.32. The second-order valence-corrected chi connectivity index (χ2v) is 5.78. The van der Waals surface area contributed by atoms with E-state index in [1.165, 1.54) is 0 Å². The van der Waals surface area contributed by atoms with Crippen LogP contribution in [0, 0.1) is 0 Å². The third kappa shape index (κ3) is 4.39. The molecule has 0 aliphatic carbocycles. The van der Waals surface area contributed by atoms with Crippen LogP contribution in [0.25, 0.3) is 10.8 Å². The van der Waals surface area contributed by atoms with E-state index >= 15 is 0 Å². The minimum atomic E-state index is -0.668. The van der Waals surface area contributed by atoms with Crippen molar-refractivity contribution in [1.29, 1.82) is 0 Å². The molecule has 0 aliphatic rings. The molecule has 3 rings (SSSR count). The Hall–Kier alpha value is -3.34. The predicted molar refractivity (Wildman–Crippen MR) is 103 cm³/mol. The number of hydrogen-bond donors (Lipinski definition) is 1. The lowest BCUT2D eigenvalue weighted by Crippen LogP contribution is -2.33. The first kappa shape index (κ1) is 17.5. The van der Waals surface area contributed by atoms with Gasteiger partial charge < -0.3 is 9.47 Å². The molecule has 1 N–H and O–H groups in total. The summed E-state index contributed by atoms with van der Waals surface area (Å²) in [7, 11) is 1.60. The first-order chi connectivity index (χ1) is 12.7. The van der Waals surface area contributed by atoms with Crippen LogP contribution in [0.4, 0.5) is 0 Å². The monoisotopic (exact) mass is 348 g/mol. The minimum absolute atomic E-state index is 0.322. The quantitative estimate of drug-likeness (QED) is 0.545. The maximum atomic E-state index is 12.1. The number of carbonyl (C=O) groups is 1. The van der Waals surface area contributed by atoms with Gasteiger partial charge in [0.2, 0.25) is 0 Å². The molecule has 0 heterocycles. The molecule has 26 heavy (non-hydrogen) atoms. The Kier molecular flexibility index (Phi) is 5.49. The molecule has 0 bridgehead atoms. The highest BCUT2D eigenvalue weighted by molar-refractivity contribution is 5.85. The number of methoxy groups -OCH3 is 1.